The molecule has 0 spiro atoms. The van der Waals surface area contributed by atoms with Gasteiger partial charge in [-0.1, -0.05) is 0 Å². The minimum Gasteiger partial charge on any atom is -0.281 e. The fourth-order valence-electron chi connectivity index (χ4n) is 1.70. The summed E-state index contributed by atoms with van der Waals surface area (Å²) in [7, 11) is 2.03. The van der Waals surface area contributed by atoms with Crippen molar-refractivity contribution in [3.63, 3.8) is 0 Å². The van der Waals surface area contributed by atoms with Crippen molar-refractivity contribution in [2.24, 2.45) is 0 Å². The summed E-state index contributed by atoms with van der Waals surface area (Å²) in [6.45, 7) is 4.62. The number of hydrogen-bond donors (Lipinski definition) is 1. The summed E-state index contributed by atoms with van der Waals surface area (Å²) in [4.78, 5) is 0. The highest BCUT2D eigenvalue weighted by Gasteiger charge is 2.12. The maximum Gasteiger partial charge on any atom is 0.244 e. The molecule has 0 saturated heterocycles. The van der Waals surface area contributed by atoms with E-state index in [1.54, 1.807) is 0 Å². The molecule has 1 aliphatic heterocycles. The van der Waals surface area contributed by atoms with Crippen molar-refractivity contribution >= 4 is 5.84 Å². The third-order valence-electron chi connectivity index (χ3n) is 2.39. The lowest BCUT2D eigenvalue weighted by molar-refractivity contribution is -0.526. The summed E-state index contributed by atoms with van der Waals surface area (Å²) in [5.74, 6) is 1.44. The van der Waals surface area contributed by atoms with E-state index in [0.29, 0.717) is 0 Å². The van der Waals surface area contributed by atoms with Crippen LogP contribution in [0.4, 0.5) is 0 Å². The number of amidine groups is 1. The Balaban J connectivity index is 2.64. The van der Waals surface area contributed by atoms with Crippen LogP contribution in [0.2, 0.25) is 0 Å². The predicted molar refractivity (Wildman–Crippen MR) is 48.2 cm³/mol. The van der Waals surface area contributed by atoms with Crippen molar-refractivity contribution in [3.05, 3.63) is 0 Å². The molecule has 0 bridgehead atoms. The van der Waals surface area contributed by atoms with Gasteiger partial charge in [-0.25, -0.2) is 0 Å². The molecule has 0 saturated carbocycles. The van der Waals surface area contributed by atoms with Crippen LogP contribution in [-0.4, -0.2) is 30.5 Å². The molecule has 11 heavy (non-hydrogen) atoms. The van der Waals surface area contributed by atoms with Gasteiger partial charge in [-0.3, -0.25) is 9.89 Å². The Kier molecular flexibility index (Phi) is 3.40. The standard InChI is InChI=1S/C9H18N2/c1-3-11-8-6-4-5-7-9(11)10-2/h3-8H2,1-2H3/p+1. The highest BCUT2D eigenvalue weighted by atomic mass is 15.1. The highest BCUT2D eigenvalue weighted by Crippen LogP contribution is 2.05. The van der Waals surface area contributed by atoms with Gasteiger partial charge in [0.2, 0.25) is 5.84 Å². The molecule has 0 unspecified atom stereocenters. The Morgan fingerprint density at radius 1 is 1.36 bits per heavy atom. The number of nitrogens with zero attached hydrogens (tertiary/aromatic N) is 1. The second-order valence-corrected chi connectivity index (χ2v) is 3.09. The zero-order chi connectivity index (χ0) is 8.10. The van der Waals surface area contributed by atoms with Gasteiger partial charge in [-0.15, -0.1) is 0 Å². The molecule has 1 heterocycles. The molecule has 1 N–H and O–H groups in total. The zero-order valence-corrected chi connectivity index (χ0v) is 7.69. The van der Waals surface area contributed by atoms with E-state index in [9.17, 15) is 0 Å². The predicted octanol–water partition coefficient (Wildman–Crippen LogP) is 1.21. The molecule has 2 nitrogen and oxygen atoms in total. The van der Waals surface area contributed by atoms with Crippen molar-refractivity contribution in [2.75, 3.05) is 20.1 Å². The van der Waals surface area contributed by atoms with Gasteiger partial charge >= 0.3 is 0 Å². The molecule has 0 fully saturated rings. The van der Waals surface area contributed by atoms with E-state index in [-0.39, 0.29) is 0 Å². The number of hydrogen-bond acceptors (Lipinski definition) is 1. The van der Waals surface area contributed by atoms with Crippen LogP contribution in [0.15, 0.2) is 0 Å². The first-order valence-corrected chi connectivity index (χ1v) is 4.67. The third kappa shape index (κ3) is 2.21. The number of rotatable bonds is 1. The summed E-state index contributed by atoms with van der Waals surface area (Å²) in [5.41, 5.74) is 0. The minimum atomic E-state index is 1.15. The second kappa shape index (κ2) is 4.37. The van der Waals surface area contributed by atoms with Gasteiger partial charge in [0.15, 0.2) is 0 Å². The van der Waals surface area contributed by atoms with Crippen LogP contribution >= 0.6 is 0 Å². The molecular formula is C9H19N2+. The average molecular weight is 155 g/mol. The molecular weight excluding hydrogens is 136 g/mol. The monoisotopic (exact) mass is 155 g/mol. The number of nitrogens with one attached hydrogen (secondary N) is 1. The van der Waals surface area contributed by atoms with E-state index in [0.717, 1.165) is 6.54 Å². The fourth-order valence-corrected chi connectivity index (χ4v) is 1.70. The van der Waals surface area contributed by atoms with Crippen LogP contribution in [0.25, 0.3) is 0 Å². The van der Waals surface area contributed by atoms with E-state index in [4.69, 9.17) is 0 Å². The zero-order valence-electron chi connectivity index (χ0n) is 7.69. The van der Waals surface area contributed by atoms with Gasteiger partial charge in [0.1, 0.15) is 0 Å². The molecule has 1 rings (SSSR count). The Morgan fingerprint density at radius 3 is 2.82 bits per heavy atom. The van der Waals surface area contributed by atoms with Crippen molar-refractivity contribution in [1.29, 1.82) is 0 Å². The Morgan fingerprint density at radius 2 is 2.18 bits per heavy atom. The summed E-state index contributed by atoms with van der Waals surface area (Å²) < 4.78 is 2.45. The van der Waals surface area contributed by atoms with Crippen LogP contribution in [0, 0.1) is 0 Å². The van der Waals surface area contributed by atoms with Gasteiger partial charge in [-0.05, 0) is 26.2 Å². The molecule has 0 atom stereocenters. The molecule has 0 aromatic carbocycles. The smallest absolute Gasteiger partial charge is 0.244 e. The van der Waals surface area contributed by atoms with Crippen molar-refractivity contribution in [2.45, 2.75) is 32.6 Å². The van der Waals surface area contributed by atoms with Gasteiger partial charge in [0.25, 0.3) is 0 Å². The lowest BCUT2D eigenvalue weighted by atomic mass is 10.2. The lowest BCUT2D eigenvalue weighted by Crippen LogP contribution is -2.30. The van der Waals surface area contributed by atoms with Gasteiger partial charge in [-0.2, -0.15) is 0 Å². The first-order valence-electron chi connectivity index (χ1n) is 4.67. The van der Waals surface area contributed by atoms with E-state index >= 15 is 0 Å². The summed E-state index contributed by atoms with van der Waals surface area (Å²) in [6.07, 6.45) is 5.34. The van der Waals surface area contributed by atoms with Crippen molar-refractivity contribution in [1.82, 2.24) is 5.32 Å². The Labute approximate surface area is 69.3 Å². The quantitative estimate of drug-likeness (QED) is 0.562. The first kappa shape index (κ1) is 8.57. The lowest BCUT2D eigenvalue weighted by Gasteiger charge is -2.05. The van der Waals surface area contributed by atoms with Crippen LogP contribution in [0.3, 0.4) is 0 Å². The van der Waals surface area contributed by atoms with Crippen LogP contribution in [0.5, 0.6) is 0 Å². The Bertz CT molecular complexity index is 134. The fraction of sp³-hybridized carbons (Fsp3) is 0.889. The Hall–Kier alpha value is -0.530. The molecule has 0 radical (unpaired) electrons. The molecule has 64 valence electrons. The van der Waals surface area contributed by atoms with E-state index in [1.807, 2.05) is 7.05 Å². The maximum absolute atomic E-state index is 3.29. The first-order chi connectivity index (χ1) is 5.38. The van der Waals surface area contributed by atoms with Gasteiger partial charge < -0.3 is 0 Å². The molecule has 2 heteroatoms. The summed E-state index contributed by atoms with van der Waals surface area (Å²) in [6, 6.07) is 0. The molecule has 0 aromatic rings. The van der Waals surface area contributed by atoms with Crippen molar-refractivity contribution in [3.8, 4) is 0 Å². The SMILES string of the molecule is CC[N+]1=C(NC)CCCCC1. The topological polar surface area (TPSA) is 15.0 Å². The molecule has 0 aliphatic carbocycles. The normalized spacial score (nSPS) is 19.8. The van der Waals surface area contributed by atoms with Gasteiger partial charge in [0.05, 0.1) is 20.1 Å². The van der Waals surface area contributed by atoms with E-state index in [2.05, 4.69) is 16.8 Å². The van der Waals surface area contributed by atoms with Crippen LogP contribution < -0.4 is 5.32 Å². The molecule has 0 amide bonds. The van der Waals surface area contributed by atoms with Crippen LogP contribution in [-0.2, 0) is 0 Å². The van der Waals surface area contributed by atoms with Crippen molar-refractivity contribution < 1.29 is 4.58 Å². The minimum absolute atomic E-state index is 1.15. The van der Waals surface area contributed by atoms with Crippen LogP contribution in [0.1, 0.15) is 32.6 Å². The average Bonchev–Trinajstić information content (AvgIpc) is 2.27. The highest BCUT2D eigenvalue weighted by molar-refractivity contribution is 5.76. The van der Waals surface area contributed by atoms with E-state index in [1.165, 1.54) is 38.1 Å². The third-order valence-corrected chi connectivity index (χ3v) is 2.39. The summed E-state index contributed by atoms with van der Waals surface area (Å²) >= 11 is 0. The maximum atomic E-state index is 3.29. The second-order valence-electron chi connectivity index (χ2n) is 3.09. The molecule has 1 aliphatic rings. The summed E-state index contributed by atoms with van der Waals surface area (Å²) in [5, 5.41) is 3.29. The largest absolute Gasteiger partial charge is 0.281 e. The van der Waals surface area contributed by atoms with Gasteiger partial charge in [0, 0.05) is 6.42 Å². The van der Waals surface area contributed by atoms with E-state index < -0.39 is 0 Å². The molecule has 0 aromatic heterocycles.